The molecule has 92 valence electrons. The highest BCUT2D eigenvalue weighted by molar-refractivity contribution is 4.41. The van der Waals surface area contributed by atoms with Crippen LogP contribution in [0.3, 0.4) is 0 Å². The van der Waals surface area contributed by atoms with Crippen LogP contribution in [0.4, 0.5) is 0 Å². The van der Waals surface area contributed by atoms with Crippen LogP contribution >= 0.6 is 0 Å². The largest absolute Gasteiger partial charge is 0.206 e. The van der Waals surface area contributed by atoms with E-state index in [0.717, 1.165) is 4.65 Å². The number of hydroxylamine groups is 3. The van der Waals surface area contributed by atoms with Gasteiger partial charge in [0, 0.05) is 0 Å². The maximum Gasteiger partial charge on any atom is 0.109 e. The van der Waals surface area contributed by atoms with Gasteiger partial charge in [-0.3, -0.25) is 0 Å². The summed E-state index contributed by atoms with van der Waals surface area (Å²) in [6, 6.07) is 0. The molecular weight excluding hydrogens is 186 g/mol. The Bertz CT molecular complexity index is 115. The van der Waals surface area contributed by atoms with Crippen LogP contribution in [-0.2, 0) is 4.84 Å². The molecule has 0 aromatic carbocycles. The van der Waals surface area contributed by atoms with Gasteiger partial charge in [-0.2, -0.15) is 4.65 Å². The first kappa shape index (κ1) is 14.9. The lowest BCUT2D eigenvalue weighted by Gasteiger charge is -2.34. The van der Waals surface area contributed by atoms with Gasteiger partial charge in [0.05, 0.1) is 7.11 Å². The molecule has 0 aliphatic carbocycles. The Morgan fingerprint density at radius 2 is 1.07 bits per heavy atom. The van der Waals surface area contributed by atoms with Crippen LogP contribution in [0.25, 0.3) is 0 Å². The molecule has 2 nitrogen and oxygen atoms in total. The van der Waals surface area contributed by atoms with E-state index in [0.29, 0.717) is 0 Å². The molecule has 0 fully saturated rings. The topological polar surface area (TPSA) is 9.23 Å². The second-order valence-corrected chi connectivity index (χ2v) is 4.47. The van der Waals surface area contributed by atoms with Crippen LogP contribution in [0, 0.1) is 0 Å². The van der Waals surface area contributed by atoms with E-state index in [4.69, 9.17) is 4.84 Å². The van der Waals surface area contributed by atoms with Crippen molar-refractivity contribution in [3.63, 3.8) is 0 Å². The highest BCUT2D eigenvalue weighted by atomic mass is 16.7. The lowest BCUT2D eigenvalue weighted by atomic mass is 10.2. The second kappa shape index (κ2) is 9.17. The van der Waals surface area contributed by atoms with Gasteiger partial charge >= 0.3 is 0 Å². The van der Waals surface area contributed by atoms with Crippen LogP contribution in [0.1, 0.15) is 59.3 Å². The fraction of sp³-hybridized carbons (Fsp3) is 1.00. The Kier molecular flexibility index (Phi) is 9.12. The fourth-order valence-electron chi connectivity index (χ4n) is 1.95. The molecule has 0 N–H and O–H groups in total. The van der Waals surface area contributed by atoms with Crippen molar-refractivity contribution in [3.8, 4) is 0 Å². The summed E-state index contributed by atoms with van der Waals surface area (Å²) in [5.41, 5.74) is 0. The SMILES string of the molecule is CCCC[N+](CCCC)(CCCC)OC. The molecule has 0 aliphatic rings. The molecule has 0 saturated carbocycles. The minimum absolute atomic E-state index is 0.884. The van der Waals surface area contributed by atoms with E-state index in [1.165, 1.54) is 58.2 Å². The normalized spacial score (nSPS) is 12.0. The number of hydrogen-bond donors (Lipinski definition) is 0. The van der Waals surface area contributed by atoms with Gasteiger partial charge in [-0.1, -0.05) is 40.0 Å². The Morgan fingerprint density at radius 1 is 0.733 bits per heavy atom. The van der Waals surface area contributed by atoms with Crippen molar-refractivity contribution in [1.82, 2.24) is 0 Å². The third-order valence-corrected chi connectivity index (χ3v) is 3.14. The Balaban J connectivity index is 4.16. The molecule has 0 aliphatic heterocycles. The van der Waals surface area contributed by atoms with E-state index in [1.807, 2.05) is 7.11 Å². The van der Waals surface area contributed by atoms with Gasteiger partial charge in [0.15, 0.2) is 0 Å². The molecule has 0 aromatic heterocycles. The zero-order chi connectivity index (χ0) is 11.6. The molecule has 0 aromatic rings. The van der Waals surface area contributed by atoms with Crippen molar-refractivity contribution < 1.29 is 9.48 Å². The van der Waals surface area contributed by atoms with Gasteiger partial charge in [0.25, 0.3) is 0 Å². The minimum atomic E-state index is 0.884. The van der Waals surface area contributed by atoms with E-state index in [1.54, 1.807) is 0 Å². The van der Waals surface area contributed by atoms with Crippen molar-refractivity contribution >= 4 is 0 Å². The lowest BCUT2D eigenvalue weighted by Crippen LogP contribution is -2.49. The van der Waals surface area contributed by atoms with E-state index in [-0.39, 0.29) is 0 Å². The van der Waals surface area contributed by atoms with Crippen molar-refractivity contribution in [2.24, 2.45) is 0 Å². The van der Waals surface area contributed by atoms with Crippen molar-refractivity contribution in [3.05, 3.63) is 0 Å². The Morgan fingerprint density at radius 3 is 1.27 bits per heavy atom. The fourth-order valence-corrected chi connectivity index (χ4v) is 1.95. The zero-order valence-corrected chi connectivity index (χ0v) is 11.2. The first-order valence-electron chi connectivity index (χ1n) is 6.66. The van der Waals surface area contributed by atoms with E-state index < -0.39 is 0 Å². The predicted molar refractivity (Wildman–Crippen MR) is 66.6 cm³/mol. The summed E-state index contributed by atoms with van der Waals surface area (Å²) in [6.07, 6.45) is 7.63. The van der Waals surface area contributed by atoms with Gasteiger partial charge in [-0.05, 0) is 19.3 Å². The molecule has 0 atom stereocenters. The molecule has 0 amide bonds. The van der Waals surface area contributed by atoms with Crippen LogP contribution in [0.2, 0.25) is 0 Å². The van der Waals surface area contributed by atoms with Crippen LogP contribution in [-0.4, -0.2) is 31.4 Å². The summed E-state index contributed by atoms with van der Waals surface area (Å²) in [7, 11) is 1.88. The maximum atomic E-state index is 5.78. The molecule has 2 heteroatoms. The van der Waals surface area contributed by atoms with Crippen LogP contribution < -0.4 is 0 Å². The number of rotatable bonds is 10. The minimum Gasteiger partial charge on any atom is -0.206 e. The summed E-state index contributed by atoms with van der Waals surface area (Å²) in [5.74, 6) is 0. The van der Waals surface area contributed by atoms with E-state index >= 15 is 0 Å². The first-order valence-corrected chi connectivity index (χ1v) is 6.66. The van der Waals surface area contributed by atoms with E-state index in [9.17, 15) is 0 Å². The summed E-state index contributed by atoms with van der Waals surface area (Å²) in [4.78, 5) is 5.78. The first-order chi connectivity index (χ1) is 7.24. The second-order valence-electron chi connectivity index (χ2n) is 4.47. The van der Waals surface area contributed by atoms with Crippen LogP contribution in [0.5, 0.6) is 0 Å². The quantitative estimate of drug-likeness (QED) is 0.399. The Hall–Kier alpha value is -0.0800. The number of unbranched alkanes of at least 4 members (excludes halogenated alkanes) is 3. The standard InChI is InChI=1S/C13H30NO/c1-5-8-11-14(15-4,12-9-6-2)13-10-7-3/h5-13H2,1-4H3/q+1. The van der Waals surface area contributed by atoms with Crippen LogP contribution in [0.15, 0.2) is 0 Å². The average molecular weight is 216 g/mol. The highest BCUT2D eigenvalue weighted by Crippen LogP contribution is 2.14. The molecule has 15 heavy (non-hydrogen) atoms. The van der Waals surface area contributed by atoms with Gasteiger partial charge in [-0.25, -0.2) is 4.84 Å². The maximum absolute atomic E-state index is 5.78. The van der Waals surface area contributed by atoms with Crippen molar-refractivity contribution in [2.45, 2.75) is 59.3 Å². The highest BCUT2D eigenvalue weighted by Gasteiger charge is 2.26. The summed E-state index contributed by atoms with van der Waals surface area (Å²) in [6.45, 7) is 10.3. The van der Waals surface area contributed by atoms with Gasteiger partial charge in [0.1, 0.15) is 19.6 Å². The third kappa shape index (κ3) is 6.16. The number of hydrogen-bond acceptors (Lipinski definition) is 1. The van der Waals surface area contributed by atoms with Crippen molar-refractivity contribution in [2.75, 3.05) is 26.7 Å². The monoisotopic (exact) mass is 216 g/mol. The Labute approximate surface area is 96.2 Å². The molecule has 0 unspecified atom stereocenters. The molecule has 0 bridgehead atoms. The van der Waals surface area contributed by atoms with Crippen molar-refractivity contribution in [1.29, 1.82) is 0 Å². The predicted octanol–water partition coefficient (Wildman–Crippen LogP) is 3.76. The zero-order valence-electron chi connectivity index (χ0n) is 11.2. The van der Waals surface area contributed by atoms with E-state index in [2.05, 4.69) is 20.8 Å². The summed E-state index contributed by atoms with van der Waals surface area (Å²) < 4.78 is 0.884. The summed E-state index contributed by atoms with van der Waals surface area (Å²) >= 11 is 0. The molecule has 0 spiro atoms. The molecule has 0 radical (unpaired) electrons. The average Bonchev–Trinajstić information content (AvgIpc) is 2.29. The molecular formula is C13H30NO+. The molecule has 0 saturated heterocycles. The van der Waals surface area contributed by atoms with Gasteiger partial charge in [0.2, 0.25) is 0 Å². The smallest absolute Gasteiger partial charge is 0.109 e. The third-order valence-electron chi connectivity index (χ3n) is 3.14. The van der Waals surface area contributed by atoms with Gasteiger partial charge in [-0.15, -0.1) is 0 Å². The lowest BCUT2D eigenvalue weighted by molar-refractivity contribution is -1.10. The molecule has 0 heterocycles. The molecule has 0 rings (SSSR count). The van der Waals surface area contributed by atoms with Gasteiger partial charge < -0.3 is 0 Å². The number of nitrogens with zero attached hydrogens (tertiary/aromatic N) is 1. The summed E-state index contributed by atoms with van der Waals surface area (Å²) in [5, 5.41) is 0. The number of quaternary nitrogens is 1.